The summed E-state index contributed by atoms with van der Waals surface area (Å²) in [6.45, 7) is 5.27. The van der Waals surface area contributed by atoms with E-state index in [1.54, 1.807) is 19.2 Å². The number of phenols is 1. The van der Waals surface area contributed by atoms with Gasteiger partial charge in [0.05, 0.1) is 12.8 Å². The van der Waals surface area contributed by atoms with Crippen LogP contribution in [0, 0.1) is 0 Å². The number of benzene rings is 1. The second-order valence-electron chi connectivity index (χ2n) is 7.82. The fourth-order valence-electron chi connectivity index (χ4n) is 4.26. The highest BCUT2D eigenvalue weighted by Gasteiger charge is 2.25. The lowest BCUT2D eigenvalue weighted by Crippen LogP contribution is -2.41. The lowest BCUT2D eigenvalue weighted by atomic mass is 10.0. The minimum atomic E-state index is -0.000449. The number of aromatic hydroxyl groups is 1. The number of hydrogen-bond donors (Lipinski definition) is 2. The molecule has 1 aromatic heterocycles. The fraction of sp³-hybridized carbons (Fsp3) is 0.524. The van der Waals surface area contributed by atoms with Crippen LogP contribution in [0.1, 0.15) is 43.0 Å². The Morgan fingerprint density at radius 1 is 1.32 bits per heavy atom. The second kappa shape index (κ2) is 7.83. The molecule has 2 aromatic rings. The standard InChI is InChI=1S/C21H28N4O3/c1-14-5-3-4-9-25(14)21-22-17-13-24(10-8-16(17)20(27)23-21)12-15-6-7-19(28-2)18(26)11-15/h6-7,11,14,26H,3-5,8-10,12-13H2,1-2H3,(H,22,23,27). The van der Waals surface area contributed by atoms with E-state index in [9.17, 15) is 9.90 Å². The molecule has 0 bridgehead atoms. The van der Waals surface area contributed by atoms with E-state index in [4.69, 9.17) is 9.72 Å². The Morgan fingerprint density at radius 3 is 2.93 bits per heavy atom. The Hall–Kier alpha value is -2.54. The molecule has 2 aliphatic heterocycles. The van der Waals surface area contributed by atoms with Gasteiger partial charge < -0.3 is 14.7 Å². The molecule has 2 N–H and O–H groups in total. The molecular formula is C21H28N4O3. The molecule has 0 radical (unpaired) electrons. The largest absolute Gasteiger partial charge is 0.504 e. The van der Waals surface area contributed by atoms with Crippen molar-refractivity contribution in [2.75, 3.05) is 25.1 Å². The first-order valence-electron chi connectivity index (χ1n) is 10.0. The molecule has 1 atom stereocenters. The highest BCUT2D eigenvalue weighted by molar-refractivity contribution is 5.42. The molecule has 7 heteroatoms. The molecule has 28 heavy (non-hydrogen) atoms. The number of methoxy groups -OCH3 is 1. The molecule has 1 fully saturated rings. The van der Waals surface area contributed by atoms with Gasteiger partial charge >= 0.3 is 0 Å². The quantitative estimate of drug-likeness (QED) is 0.843. The Bertz CT molecular complexity index is 911. The number of aromatic nitrogens is 2. The van der Waals surface area contributed by atoms with Gasteiger partial charge in [-0.3, -0.25) is 14.7 Å². The third kappa shape index (κ3) is 3.71. The molecule has 4 rings (SSSR count). The minimum Gasteiger partial charge on any atom is -0.504 e. The molecule has 2 aliphatic rings. The SMILES string of the molecule is COc1ccc(CN2CCc3c(nc(N4CCCCC4C)[nH]c3=O)C2)cc1O. The molecule has 7 nitrogen and oxygen atoms in total. The predicted octanol–water partition coefficient (Wildman–Crippen LogP) is 2.42. The van der Waals surface area contributed by atoms with Gasteiger partial charge in [0.15, 0.2) is 11.5 Å². The van der Waals surface area contributed by atoms with E-state index in [1.165, 1.54) is 6.42 Å². The van der Waals surface area contributed by atoms with E-state index in [2.05, 4.69) is 21.7 Å². The molecular weight excluding hydrogens is 356 g/mol. The number of H-pyrrole nitrogens is 1. The van der Waals surface area contributed by atoms with Gasteiger partial charge in [-0.25, -0.2) is 4.98 Å². The van der Waals surface area contributed by atoms with Crippen molar-refractivity contribution in [2.45, 2.75) is 51.7 Å². The van der Waals surface area contributed by atoms with Gasteiger partial charge in [0.25, 0.3) is 5.56 Å². The lowest BCUT2D eigenvalue weighted by Gasteiger charge is -2.35. The molecule has 1 saturated heterocycles. The number of piperidine rings is 1. The van der Waals surface area contributed by atoms with E-state index < -0.39 is 0 Å². The average molecular weight is 384 g/mol. The van der Waals surface area contributed by atoms with Crippen LogP contribution in [0.3, 0.4) is 0 Å². The summed E-state index contributed by atoms with van der Waals surface area (Å²) in [6, 6.07) is 5.87. The first kappa shape index (κ1) is 18.8. The van der Waals surface area contributed by atoms with Crippen LogP contribution < -0.4 is 15.2 Å². The van der Waals surface area contributed by atoms with Crippen LogP contribution in [-0.4, -0.2) is 46.2 Å². The zero-order valence-electron chi connectivity index (χ0n) is 16.6. The molecule has 0 spiro atoms. The highest BCUT2D eigenvalue weighted by Crippen LogP contribution is 2.28. The summed E-state index contributed by atoms with van der Waals surface area (Å²) in [5, 5.41) is 10.0. The molecule has 0 saturated carbocycles. The Morgan fingerprint density at radius 2 is 2.18 bits per heavy atom. The van der Waals surface area contributed by atoms with Gasteiger partial charge in [-0.15, -0.1) is 0 Å². The number of aromatic amines is 1. The van der Waals surface area contributed by atoms with Gasteiger partial charge in [0, 0.05) is 37.8 Å². The van der Waals surface area contributed by atoms with Gasteiger partial charge in [-0.2, -0.15) is 0 Å². The molecule has 1 unspecified atom stereocenters. The lowest BCUT2D eigenvalue weighted by molar-refractivity contribution is 0.240. The van der Waals surface area contributed by atoms with E-state index in [1.807, 2.05) is 6.07 Å². The van der Waals surface area contributed by atoms with Gasteiger partial charge in [0.1, 0.15) is 0 Å². The normalized spacial score (nSPS) is 20.1. The summed E-state index contributed by atoms with van der Waals surface area (Å²) in [5.41, 5.74) is 2.69. The Balaban J connectivity index is 1.54. The molecule has 0 amide bonds. The second-order valence-corrected chi connectivity index (χ2v) is 7.82. The van der Waals surface area contributed by atoms with E-state index in [0.29, 0.717) is 37.3 Å². The zero-order valence-corrected chi connectivity index (χ0v) is 16.6. The zero-order chi connectivity index (χ0) is 19.7. The van der Waals surface area contributed by atoms with Gasteiger partial charge in [0.2, 0.25) is 5.95 Å². The van der Waals surface area contributed by atoms with Crippen LogP contribution in [0.5, 0.6) is 11.5 Å². The minimum absolute atomic E-state index is 0.000449. The summed E-state index contributed by atoms with van der Waals surface area (Å²) in [4.78, 5) is 25.0. The first-order chi connectivity index (χ1) is 13.5. The van der Waals surface area contributed by atoms with Crippen molar-refractivity contribution >= 4 is 5.95 Å². The molecule has 0 aliphatic carbocycles. The van der Waals surface area contributed by atoms with Crippen molar-refractivity contribution in [1.29, 1.82) is 0 Å². The number of rotatable bonds is 4. The number of phenolic OH excluding ortho intramolecular Hbond substituents is 1. The monoisotopic (exact) mass is 384 g/mol. The maximum Gasteiger partial charge on any atom is 0.255 e. The highest BCUT2D eigenvalue weighted by atomic mass is 16.5. The van der Waals surface area contributed by atoms with Crippen LogP contribution in [-0.2, 0) is 19.5 Å². The average Bonchev–Trinajstić information content (AvgIpc) is 2.68. The van der Waals surface area contributed by atoms with Crippen LogP contribution in [0.15, 0.2) is 23.0 Å². The van der Waals surface area contributed by atoms with Crippen LogP contribution >= 0.6 is 0 Å². The summed E-state index contributed by atoms with van der Waals surface area (Å²) >= 11 is 0. The van der Waals surface area contributed by atoms with Crippen molar-refractivity contribution in [3.8, 4) is 11.5 Å². The molecule has 1 aromatic carbocycles. The predicted molar refractivity (Wildman–Crippen MR) is 108 cm³/mol. The maximum atomic E-state index is 12.6. The van der Waals surface area contributed by atoms with E-state index >= 15 is 0 Å². The summed E-state index contributed by atoms with van der Waals surface area (Å²) in [7, 11) is 1.54. The third-order valence-electron chi connectivity index (χ3n) is 5.86. The van der Waals surface area contributed by atoms with Gasteiger partial charge in [-0.1, -0.05) is 6.07 Å². The number of fused-ring (bicyclic) bond motifs is 1. The number of hydrogen-bond acceptors (Lipinski definition) is 6. The van der Waals surface area contributed by atoms with Crippen molar-refractivity contribution in [3.63, 3.8) is 0 Å². The number of anilines is 1. The maximum absolute atomic E-state index is 12.6. The third-order valence-corrected chi connectivity index (χ3v) is 5.86. The van der Waals surface area contributed by atoms with Crippen LogP contribution in [0.2, 0.25) is 0 Å². The Kier molecular flexibility index (Phi) is 5.26. The smallest absolute Gasteiger partial charge is 0.255 e. The fourth-order valence-corrected chi connectivity index (χ4v) is 4.26. The summed E-state index contributed by atoms with van der Waals surface area (Å²) in [6.07, 6.45) is 4.19. The number of ether oxygens (including phenoxy) is 1. The topological polar surface area (TPSA) is 81.7 Å². The number of nitrogens with zero attached hydrogens (tertiary/aromatic N) is 3. The molecule has 150 valence electrons. The number of nitrogens with one attached hydrogen (secondary N) is 1. The van der Waals surface area contributed by atoms with Crippen molar-refractivity contribution in [3.05, 3.63) is 45.4 Å². The summed E-state index contributed by atoms with van der Waals surface area (Å²) in [5.74, 6) is 1.33. The van der Waals surface area contributed by atoms with Crippen LogP contribution in [0.4, 0.5) is 5.95 Å². The molecule has 3 heterocycles. The van der Waals surface area contributed by atoms with Gasteiger partial charge in [-0.05, 0) is 50.3 Å². The van der Waals surface area contributed by atoms with Crippen LogP contribution in [0.25, 0.3) is 0 Å². The first-order valence-corrected chi connectivity index (χ1v) is 10.0. The van der Waals surface area contributed by atoms with Crippen molar-refractivity contribution in [1.82, 2.24) is 14.9 Å². The van der Waals surface area contributed by atoms with Crippen molar-refractivity contribution in [2.24, 2.45) is 0 Å². The van der Waals surface area contributed by atoms with E-state index in [0.717, 1.165) is 42.8 Å². The van der Waals surface area contributed by atoms with E-state index in [-0.39, 0.29) is 11.3 Å². The van der Waals surface area contributed by atoms with Crippen molar-refractivity contribution < 1.29 is 9.84 Å². The summed E-state index contributed by atoms with van der Waals surface area (Å²) < 4.78 is 5.11. The Labute approximate surface area is 165 Å².